The number of rotatable bonds is 2. The van der Waals surface area contributed by atoms with E-state index in [4.69, 9.17) is 10.2 Å². The van der Waals surface area contributed by atoms with Gasteiger partial charge in [0.2, 0.25) is 5.78 Å². The van der Waals surface area contributed by atoms with Gasteiger partial charge in [0, 0.05) is 17.9 Å². The number of carbonyl (C=O) groups is 3. The molecule has 5 N–H and O–H groups in total. The lowest BCUT2D eigenvalue weighted by atomic mass is 9.58. The molecule has 3 aliphatic rings. The number of nitrogens with two attached hydrogens (primary N) is 1. The Balaban J connectivity index is 1.96. The number of aromatic nitrogens is 1. The topological polar surface area (TPSA) is 167 Å². The minimum atomic E-state index is -2.56. The molecular weight excluding hydrogens is 370 g/mol. The third-order valence-electron chi connectivity index (χ3n) is 5.92. The molecule has 0 aromatic carbocycles. The van der Waals surface area contributed by atoms with Gasteiger partial charge < -0.3 is 25.5 Å². The van der Waals surface area contributed by atoms with E-state index in [9.17, 15) is 29.7 Å². The van der Waals surface area contributed by atoms with E-state index >= 15 is 0 Å². The largest absolute Gasteiger partial charge is 0.508 e. The van der Waals surface area contributed by atoms with Gasteiger partial charge in [0.15, 0.2) is 29.3 Å². The SMILES string of the molecule is CN(C)[C@@H]1C(=O)C(C(N)=O)=C(O)[C@@]2(O)C(=O)C3=C(O)c4ocnc4C[C@H]3C[C@@H]12. The van der Waals surface area contributed by atoms with Crippen molar-refractivity contribution in [1.82, 2.24) is 9.88 Å². The van der Waals surface area contributed by atoms with Gasteiger partial charge in [0.1, 0.15) is 11.3 Å². The molecule has 0 unspecified atom stereocenters. The summed E-state index contributed by atoms with van der Waals surface area (Å²) in [5.41, 5.74) is 2.22. The molecule has 1 amide bonds. The van der Waals surface area contributed by atoms with Crippen LogP contribution in [0, 0.1) is 11.8 Å². The maximum atomic E-state index is 13.3. The lowest BCUT2D eigenvalue weighted by molar-refractivity contribution is -0.153. The Morgan fingerprint density at radius 2 is 2.04 bits per heavy atom. The summed E-state index contributed by atoms with van der Waals surface area (Å²) >= 11 is 0. The van der Waals surface area contributed by atoms with Gasteiger partial charge in [-0.25, -0.2) is 4.98 Å². The number of aliphatic hydroxyl groups is 3. The first-order valence-electron chi connectivity index (χ1n) is 8.67. The highest BCUT2D eigenvalue weighted by Gasteiger charge is 2.64. The highest BCUT2D eigenvalue weighted by atomic mass is 16.4. The molecule has 28 heavy (non-hydrogen) atoms. The second-order valence-corrected chi connectivity index (χ2v) is 7.59. The zero-order valence-corrected chi connectivity index (χ0v) is 15.2. The molecule has 10 heteroatoms. The Hall–Kier alpha value is -2.98. The summed E-state index contributed by atoms with van der Waals surface area (Å²) in [6.45, 7) is 0. The molecule has 1 aromatic heterocycles. The first kappa shape index (κ1) is 18.4. The number of carbonyl (C=O) groups excluding carboxylic acids is 3. The Morgan fingerprint density at radius 1 is 1.36 bits per heavy atom. The fourth-order valence-electron chi connectivity index (χ4n) is 4.71. The van der Waals surface area contributed by atoms with Crippen LogP contribution < -0.4 is 5.73 Å². The van der Waals surface area contributed by atoms with Crippen molar-refractivity contribution >= 4 is 23.2 Å². The van der Waals surface area contributed by atoms with E-state index in [2.05, 4.69) is 4.98 Å². The van der Waals surface area contributed by atoms with E-state index in [1.807, 2.05) is 0 Å². The Morgan fingerprint density at radius 3 is 2.64 bits per heavy atom. The van der Waals surface area contributed by atoms with Gasteiger partial charge in [-0.2, -0.15) is 0 Å². The molecule has 1 saturated carbocycles. The highest BCUT2D eigenvalue weighted by molar-refractivity contribution is 6.24. The number of nitrogens with zero attached hydrogens (tertiary/aromatic N) is 2. The molecular formula is C18H19N3O7. The first-order valence-corrected chi connectivity index (χ1v) is 8.67. The smallest absolute Gasteiger partial charge is 0.255 e. The van der Waals surface area contributed by atoms with E-state index in [0.29, 0.717) is 5.69 Å². The molecule has 0 radical (unpaired) electrons. The Labute approximate surface area is 158 Å². The third kappa shape index (κ3) is 2.09. The van der Waals surface area contributed by atoms with Gasteiger partial charge in [-0.15, -0.1) is 0 Å². The summed E-state index contributed by atoms with van der Waals surface area (Å²) < 4.78 is 5.13. The van der Waals surface area contributed by atoms with Crippen LogP contribution in [-0.2, 0) is 20.8 Å². The average molecular weight is 389 g/mol. The number of hydrogen-bond acceptors (Lipinski definition) is 9. The summed E-state index contributed by atoms with van der Waals surface area (Å²) in [4.78, 5) is 43.4. The van der Waals surface area contributed by atoms with Crippen LogP contribution in [0.15, 0.2) is 27.7 Å². The van der Waals surface area contributed by atoms with Gasteiger partial charge >= 0.3 is 0 Å². The standard InChI is InChI=1S/C18H19N3O7/c1-21(2)11-7-3-6-4-8-14(28-5-20-8)13(23)9(6)15(24)18(7,27)16(25)10(12(11)22)17(19)26/h5-7,11,23,25,27H,3-4H2,1-2H3,(H2,19,26)/t6-,7+,11+,18+/m1/s1. The number of aliphatic hydroxyl groups excluding tert-OH is 2. The zero-order chi connectivity index (χ0) is 20.5. The first-order chi connectivity index (χ1) is 13.1. The van der Waals surface area contributed by atoms with Crippen molar-refractivity contribution in [2.45, 2.75) is 24.5 Å². The lowest BCUT2D eigenvalue weighted by Gasteiger charge is -2.49. The van der Waals surface area contributed by atoms with Crippen molar-refractivity contribution < 1.29 is 34.1 Å². The minimum absolute atomic E-state index is 0.0243. The molecule has 4 atom stereocenters. The van der Waals surface area contributed by atoms with E-state index < -0.39 is 58.0 Å². The fraction of sp³-hybridized carbons (Fsp3) is 0.444. The van der Waals surface area contributed by atoms with E-state index in [1.165, 1.54) is 4.90 Å². The van der Waals surface area contributed by atoms with Gasteiger partial charge in [-0.05, 0) is 26.4 Å². The van der Waals surface area contributed by atoms with Crippen LogP contribution in [0.5, 0.6) is 0 Å². The predicted molar refractivity (Wildman–Crippen MR) is 92.6 cm³/mol. The quantitative estimate of drug-likeness (QED) is 0.476. The number of ketones is 2. The summed E-state index contributed by atoms with van der Waals surface area (Å²) in [5.74, 6) is -6.07. The molecule has 3 aliphatic carbocycles. The van der Waals surface area contributed by atoms with Gasteiger partial charge in [0.25, 0.3) is 5.91 Å². The fourth-order valence-corrected chi connectivity index (χ4v) is 4.71. The summed E-state index contributed by atoms with van der Waals surface area (Å²) in [6, 6.07) is -1.06. The number of oxazole rings is 1. The normalized spacial score (nSPS) is 32.4. The summed E-state index contributed by atoms with van der Waals surface area (Å²) in [6.07, 6.45) is 1.50. The Kier molecular flexibility index (Phi) is 3.78. The second-order valence-electron chi connectivity index (χ2n) is 7.59. The number of likely N-dealkylation sites (N-methyl/N-ethyl adjacent to an activating group) is 1. The number of Topliss-reactive ketones (excluding diaryl/α,β-unsaturated/α-hetero) is 2. The summed E-state index contributed by atoms with van der Waals surface area (Å²) in [5, 5.41) is 32.5. The van der Waals surface area contributed by atoms with Crippen LogP contribution in [0.3, 0.4) is 0 Å². The Bertz CT molecular complexity index is 989. The predicted octanol–water partition coefficient (Wildman–Crippen LogP) is -0.754. The molecule has 4 rings (SSSR count). The van der Waals surface area contributed by atoms with Crippen molar-refractivity contribution in [3.8, 4) is 0 Å². The highest BCUT2D eigenvalue weighted by Crippen LogP contribution is 2.51. The van der Waals surface area contributed by atoms with E-state index in [0.717, 1.165) is 6.39 Å². The van der Waals surface area contributed by atoms with Crippen LogP contribution in [0.1, 0.15) is 17.9 Å². The van der Waals surface area contributed by atoms with Gasteiger partial charge in [0.05, 0.1) is 11.7 Å². The summed E-state index contributed by atoms with van der Waals surface area (Å²) in [7, 11) is 3.13. The number of fused-ring (bicyclic) bond motifs is 3. The average Bonchev–Trinajstić information content (AvgIpc) is 3.06. The van der Waals surface area contributed by atoms with Crippen LogP contribution in [0.25, 0.3) is 5.76 Å². The maximum Gasteiger partial charge on any atom is 0.255 e. The van der Waals surface area contributed by atoms with Crippen LogP contribution in [0.2, 0.25) is 0 Å². The molecule has 0 saturated heterocycles. The van der Waals surface area contributed by atoms with Gasteiger partial charge in [-0.3, -0.25) is 19.3 Å². The van der Waals surface area contributed by atoms with Crippen molar-refractivity contribution in [3.05, 3.63) is 34.8 Å². The zero-order valence-electron chi connectivity index (χ0n) is 15.2. The molecule has 148 valence electrons. The van der Waals surface area contributed by atoms with Crippen molar-refractivity contribution in [2.75, 3.05) is 14.1 Å². The van der Waals surface area contributed by atoms with E-state index in [1.54, 1.807) is 14.1 Å². The molecule has 0 bridgehead atoms. The van der Waals surface area contributed by atoms with Crippen LogP contribution >= 0.6 is 0 Å². The number of amides is 1. The molecule has 0 spiro atoms. The third-order valence-corrected chi connectivity index (χ3v) is 5.92. The maximum absolute atomic E-state index is 13.3. The molecule has 1 aromatic rings. The molecule has 10 nitrogen and oxygen atoms in total. The monoisotopic (exact) mass is 389 g/mol. The molecule has 0 aliphatic heterocycles. The molecule has 1 fully saturated rings. The van der Waals surface area contributed by atoms with Crippen molar-refractivity contribution in [1.29, 1.82) is 0 Å². The van der Waals surface area contributed by atoms with Crippen LogP contribution in [-0.4, -0.2) is 68.4 Å². The van der Waals surface area contributed by atoms with Crippen molar-refractivity contribution in [3.63, 3.8) is 0 Å². The van der Waals surface area contributed by atoms with Crippen LogP contribution in [0.4, 0.5) is 0 Å². The van der Waals surface area contributed by atoms with Crippen molar-refractivity contribution in [2.24, 2.45) is 17.6 Å². The van der Waals surface area contributed by atoms with E-state index in [-0.39, 0.29) is 24.2 Å². The number of primary amides is 1. The lowest BCUT2D eigenvalue weighted by Crippen LogP contribution is -2.65. The minimum Gasteiger partial charge on any atom is -0.508 e. The molecule has 1 heterocycles. The second kappa shape index (κ2) is 5.76. The van der Waals surface area contributed by atoms with Gasteiger partial charge in [-0.1, -0.05) is 0 Å². The number of hydrogen-bond donors (Lipinski definition) is 4.